The Kier molecular flexibility index (Phi) is 5.88. The lowest BCUT2D eigenvalue weighted by Gasteiger charge is -2.15. The number of fused-ring (bicyclic) bond motifs is 1. The number of imidazole rings is 1. The molecule has 1 saturated heterocycles. The minimum Gasteiger partial charge on any atom is -0.376 e. The quantitative estimate of drug-likeness (QED) is 0.351. The lowest BCUT2D eigenvalue weighted by atomic mass is 10.2. The third-order valence-electron chi connectivity index (χ3n) is 5.42. The molecule has 3 heterocycles. The van der Waals surface area contributed by atoms with Crippen molar-refractivity contribution >= 4 is 22.8 Å². The van der Waals surface area contributed by atoms with Crippen molar-refractivity contribution in [3.05, 3.63) is 60.2 Å². The summed E-state index contributed by atoms with van der Waals surface area (Å²) in [5.41, 5.74) is 1.64. The maximum atomic E-state index is 13.8. The zero-order chi connectivity index (χ0) is 22.1. The third kappa shape index (κ3) is 4.12. The van der Waals surface area contributed by atoms with Crippen LogP contribution in [-0.2, 0) is 17.0 Å². The van der Waals surface area contributed by atoms with E-state index in [1.165, 1.54) is 23.9 Å². The number of para-hydroxylation sites is 2. The van der Waals surface area contributed by atoms with Crippen molar-refractivity contribution < 1.29 is 17.9 Å². The summed E-state index contributed by atoms with van der Waals surface area (Å²) >= 11 is 1.29. The SMILES string of the molecule is Fc1ccc(-c2nnc(SCc3nc4ccccc4n3C(F)F)n2CC2CCCO2)cc1. The van der Waals surface area contributed by atoms with Crippen molar-refractivity contribution in [3.8, 4) is 11.4 Å². The Labute approximate surface area is 186 Å². The van der Waals surface area contributed by atoms with E-state index in [9.17, 15) is 13.2 Å². The molecule has 4 aromatic rings. The lowest BCUT2D eigenvalue weighted by Crippen LogP contribution is -2.16. The summed E-state index contributed by atoms with van der Waals surface area (Å²) in [6.45, 7) is -1.45. The fourth-order valence-electron chi connectivity index (χ4n) is 3.91. The number of rotatable bonds is 7. The van der Waals surface area contributed by atoms with Gasteiger partial charge in [0, 0.05) is 12.2 Å². The maximum Gasteiger partial charge on any atom is 0.320 e. The normalized spacial score (nSPS) is 16.4. The van der Waals surface area contributed by atoms with E-state index in [2.05, 4.69) is 15.2 Å². The summed E-state index contributed by atoms with van der Waals surface area (Å²) in [6.07, 6.45) is 1.93. The van der Waals surface area contributed by atoms with Crippen LogP contribution in [0, 0.1) is 5.82 Å². The van der Waals surface area contributed by atoms with Gasteiger partial charge in [-0.05, 0) is 49.2 Å². The Morgan fingerprint density at radius 2 is 1.91 bits per heavy atom. The third-order valence-corrected chi connectivity index (χ3v) is 6.39. The number of ether oxygens (including phenoxy) is 1. The smallest absolute Gasteiger partial charge is 0.320 e. The molecule has 0 bridgehead atoms. The predicted octanol–water partition coefficient (Wildman–Crippen LogP) is 5.30. The van der Waals surface area contributed by atoms with Crippen molar-refractivity contribution in [2.45, 2.75) is 42.9 Å². The van der Waals surface area contributed by atoms with Crippen LogP contribution < -0.4 is 0 Å². The number of hydrogen-bond donors (Lipinski definition) is 0. The highest BCUT2D eigenvalue weighted by Gasteiger charge is 2.23. The van der Waals surface area contributed by atoms with Crippen LogP contribution in [0.5, 0.6) is 0 Å². The molecular weight excluding hydrogens is 439 g/mol. The largest absolute Gasteiger partial charge is 0.376 e. The van der Waals surface area contributed by atoms with Crippen LogP contribution in [0.3, 0.4) is 0 Å². The molecule has 1 unspecified atom stereocenters. The summed E-state index contributed by atoms with van der Waals surface area (Å²) in [4.78, 5) is 4.39. The summed E-state index contributed by atoms with van der Waals surface area (Å²) in [7, 11) is 0. The maximum absolute atomic E-state index is 13.8. The van der Waals surface area contributed by atoms with E-state index in [-0.39, 0.29) is 23.5 Å². The Hall–Kier alpha value is -2.85. The molecule has 6 nitrogen and oxygen atoms in total. The summed E-state index contributed by atoms with van der Waals surface area (Å²) in [6, 6.07) is 12.9. The monoisotopic (exact) mass is 459 g/mol. The van der Waals surface area contributed by atoms with Crippen LogP contribution in [0.4, 0.5) is 13.2 Å². The highest BCUT2D eigenvalue weighted by Crippen LogP contribution is 2.31. The van der Waals surface area contributed by atoms with Gasteiger partial charge in [0.1, 0.15) is 11.6 Å². The highest BCUT2D eigenvalue weighted by molar-refractivity contribution is 7.98. The molecule has 0 saturated carbocycles. The minimum atomic E-state index is -2.70. The fourth-order valence-corrected chi connectivity index (χ4v) is 4.78. The Morgan fingerprint density at radius 3 is 2.66 bits per heavy atom. The topological polar surface area (TPSA) is 57.8 Å². The van der Waals surface area contributed by atoms with E-state index in [1.807, 2.05) is 4.57 Å². The first-order chi connectivity index (χ1) is 15.6. The van der Waals surface area contributed by atoms with Gasteiger partial charge in [-0.2, -0.15) is 8.78 Å². The average molecular weight is 459 g/mol. The Balaban J connectivity index is 1.46. The van der Waals surface area contributed by atoms with Crippen LogP contribution >= 0.6 is 11.8 Å². The molecule has 2 aromatic heterocycles. The summed E-state index contributed by atoms with van der Waals surface area (Å²) < 4.78 is 49.6. The molecule has 1 aliphatic rings. The number of thioether (sulfide) groups is 1. The first-order valence-corrected chi connectivity index (χ1v) is 11.3. The minimum absolute atomic E-state index is 0.0233. The highest BCUT2D eigenvalue weighted by atomic mass is 32.2. The summed E-state index contributed by atoms with van der Waals surface area (Å²) in [5.74, 6) is 0.720. The predicted molar refractivity (Wildman–Crippen MR) is 115 cm³/mol. The van der Waals surface area contributed by atoms with Gasteiger partial charge < -0.3 is 4.74 Å². The van der Waals surface area contributed by atoms with E-state index in [0.29, 0.717) is 35.2 Å². The van der Waals surface area contributed by atoms with E-state index in [0.717, 1.165) is 23.0 Å². The number of nitrogens with zero attached hydrogens (tertiary/aromatic N) is 5. The molecule has 1 aliphatic heterocycles. The second-order valence-electron chi connectivity index (χ2n) is 7.51. The van der Waals surface area contributed by atoms with Crippen molar-refractivity contribution in [3.63, 3.8) is 0 Å². The second kappa shape index (κ2) is 8.95. The van der Waals surface area contributed by atoms with Crippen LogP contribution in [-0.4, -0.2) is 37.0 Å². The molecular formula is C22H20F3N5OS. The molecule has 2 aromatic carbocycles. The van der Waals surface area contributed by atoms with Gasteiger partial charge in [-0.1, -0.05) is 23.9 Å². The van der Waals surface area contributed by atoms with Crippen molar-refractivity contribution in [1.29, 1.82) is 0 Å². The van der Waals surface area contributed by atoms with E-state index < -0.39 is 6.55 Å². The van der Waals surface area contributed by atoms with Crippen LogP contribution in [0.1, 0.15) is 25.2 Å². The number of hydrogen-bond acceptors (Lipinski definition) is 5. The van der Waals surface area contributed by atoms with Gasteiger partial charge in [0.25, 0.3) is 0 Å². The van der Waals surface area contributed by atoms with E-state index >= 15 is 0 Å². The number of aromatic nitrogens is 5. The fraction of sp³-hybridized carbons (Fsp3) is 0.318. The number of halogens is 3. The van der Waals surface area contributed by atoms with Crippen molar-refractivity contribution in [2.24, 2.45) is 0 Å². The number of benzene rings is 2. The van der Waals surface area contributed by atoms with Crippen molar-refractivity contribution in [2.75, 3.05) is 6.61 Å². The molecule has 1 fully saturated rings. The zero-order valence-electron chi connectivity index (χ0n) is 17.0. The van der Waals surface area contributed by atoms with Crippen LogP contribution in [0.25, 0.3) is 22.4 Å². The first-order valence-electron chi connectivity index (χ1n) is 10.3. The van der Waals surface area contributed by atoms with Gasteiger partial charge in [0.15, 0.2) is 11.0 Å². The average Bonchev–Trinajstić information content (AvgIpc) is 3.52. The van der Waals surface area contributed by atoms with Gasteiger partial charge in [0.2, 0.25) is 0 Å². The van der Waals surface area contributed by atoms with E-state index in [1.54, 1.807) is 36.4 Å². The molecule has 166 valence electrons. The zero-order valence-corrected chi connectivity index (χ0v) is 17.8. The number of alkyl halides is 2. The van der Waals surface area contributed by atoms with Gasteiger partial charge in [-0.25, -0.2) is 9.37 Å². The molecule has 0 amide bonds. The molecule has 0 radical (unpaired) electrons. The molecule has 5 rings (SSSR count). The molecule has 1 atom stereocenters. The molecule has 32 heavy (non-hydrogen) atoms. The Morgan fingerprint density at radius 1 is 1.09 bits per heavy atom. The lowest BCUT2D eigenvalue weighted by molar-refractivity contribution is 0.0722. The summed E-state index contributed by atoms with van der Waals surface area (Å²) in [5, 5.41) is 9.19. The molecule has 0 N–H and O–H groups in total. The first kappa shape index (κ1) is 21.0. The molecule has 0 aliphatic carbocycles. The second-order valence-corrected chi connectivity index (χ2v) is 8.45. The van der Waals surface area contributed by atoms with Crippen LogP contribution in [0.2, 0.25) is 0 Å². The van der Waals surface area contributed by atoms with Gasteiger partial charge in [0.05, 0.1) is 29.4 Å². The van der Waals surface area contributed by atoms with Crippen LogP contribution in [0.15, 0.2) is 53.7 Å². The van der Waals surface area contributed by atoms with Gasteiger partial charge in [-0.15, -0.1) is 10.2 Å². The van der Waals surface area contributed by atoms with Gasteiger partial charge >= 0.3 is 6.55 Å². The molecule has 10 heteroatoms. The standard InChI is InChI=1S/C22H20F3N5OS/c23-15-9-7-14(8-10-15)20-27-28-22(29(20)12-16-4-3-11-31-16)32-13-19-26-17-5-1-2-6-18(17)30(19)21(24)25/h1-2,5-10,16,21H,3-4,11-13H2. The Bertz CT molecular complexity index is 1220. The van der Waals surface area contributed by atoms with E-state index in [4.69, 9.17) is 4.74 Å². The molecule has 0 spiro atoms. The van der Waals surface area contributed by atoms with Gasteiger partial charge in [-0.3, -0.25) is 9.13 Å². The van der Waals surface area contributed by atoms with Crippen molar-refractivity contribution in [1.82, 2.24) is 24.3 Å².